The predicted molar refractivity (Wildman–Crippen MR) is 179 cm³/mol. The number of rotatable bonds is 11. The third-order valence-corrected chi connectivity index (χ3v) is 12.0. The van der Waals surface area contributed by atoms with Gasteiger partial charge in [0.15, 0.2) is 11.6 Å². The van der Waals surface area contributed by atoms with Crippen molar-refractivity contribution in [3.8, 4) is 6.07 Å². The number of allylic oxidation sites excluding steroid dienone is 4. The molecule has 0 radical (unpaired) electrons. The normalized spacial score (nSPS) is 27.5. The van der Waals surface area contributed by atoms with Crippen molar-refractivity contribution < 1.29 is 14.4 Å². The van der Waals surface area contributed by atoms with E-state index in [1.165, 1.54) is 0 Å². The molecule has 4 atom stereocenters. The number of carbonyl (C=O) groups is 3. The molecule has 2 aliphatic carbocycles. The number of hydrogen-bond donors (Lipinski definition) is 1. The van der Waals surface area contributed by atoms with Crippen molar-refractivity contribution in [2.45, 2.75) is 127 Å². The van der Waals surface area contributed by atoms with Gasteiger partial charge in [0, 0.05) is 21.9 Å². The summed E-state index contributed by atoms with van der Waals surface area (Å²) in [4.78, 5) is 39.6. The van der Waals surface area contributed by atoms with Crippen LogP contribution in [0, 0.1) is 44.3 Å². The van der Waals surface area contributed by atoms with Crippen molar-refractivity contribution in [3.63, 3.8) is 0 Å². The third-order valence-electron chi connectivity index (χ3n) is 12.0. The fourth-order valence-corrected chi connectivity index (χ4v) is 7.95. The summed E-state index contributed by atoms with van der Waals surface area (Å²) < 4.78 is 0. The van der Waals surface area contributed by atoms with E-state index >= 15 is 0 Å². The van der Waals surface area contributed by atoms with Crippen LogP contribution in [0.15, 0.2) is 53.6 Å². The number of carbonyl (C=O) groups excluding carboxylic acids is 3. The maximum Gasteiger partial charge on any atom is 0.251 e. The van der Waals surface area contributed by atoms with Crippen LogP contribution in [0.2, 0.25) is 0 Å². The molecule has 2 aliphatic rings. The molecule has 0 spiro atoms. The van der Waals surface area contributed by atoms with Gasteiger partial charge < -0.3 is 5.32 Å². The molecule has 44 heavy (non-hydrogen) atoms. The molecule has 1 aromatic rings. The average molecular weight is 601 g/mol. The molecule has 0 bridgehead atoms. The highest BCUT2D eigenvalue weighted by Gasteiger charge is 2.61. The molecule has 0 saturated heterocycles. The lowest BCUT2D eigenvalue weighted by molar-refractivity contribution is -0.131. The SMILES string of the molecule is CCC(C)(C)CC[C@@](C)(CCC(C)(C)[C@]1(C)CC[C@H]2C(C)(C)C(=O)C(C#N)=C[C@]2(C)/C1=C/C(C)=O)NC(=O)c1ccccc1. The van der Waals surface area contributed by atoms with Gasteiger partial charge in [-0.05, 0) is 92.7 Å². The number of amides is 1. The lowest BCUT2D eigenvalue weighted by atomic mass is 9.42. The van der Waals surface area contributed by atoms with Crippen LogP contribution in [-0.4, -0.2) is 23.0 Å². The van der Waals surface area contributed by atoms with Gasteiger partial charge in [-0.2, -0.15) is 5.26 Å². The van der Waals surface area contributed by atoms with Gasteiger partial charge in [0.25, 0.3) is 5.91 Å². The Bertz CT molecular complexity index is 1380. The number of hydrogen-bond acceptors (Lipinski definition) is 4. The fourth-order valence-electron chi connectivity index (χ4n) is 7.95. The van der Waals surface area contributed by atoms with Crippen molar-refractivity contribution in [3.05, 3.63) is 59.2 Å². The van der Waals surface area contributed by atoms with Crippen LogP contribution in [0.3, 0.4) is 0 Å². The first-order chi connectivity index (χ1) is 20.2. The number of ketones is 2. The quantitative estimate of drug-likeness (QED) is 0.257. The van der Waals surface area contributed by atoms with Gasteiger partial charge in [0.1, 0.15) is 6.07 Å². The van der Waals surface area contributed by atoms with E-state index in [-0.39, 0.29) is 45.2 Å². The number of fused-ring (bicyclic) bond motifs is 1. The lowest BCUT2D eigenvalue weighted by Crippen LogP contribution is -2.56. The van der Waals surface area contributed by atoms with E-state index in [0.29, 0.717) is 5.56 Å². The summed E-state index contributed by atoms with van der Waals surface area (Å²) in [6, 6.07) is 11.6. The molecule has 1 saturated carbocycles. The zero-order valence-corrected chi connectivity index (χ0v) is 29.2. The highest BCUT2D eigenvalue weighted by atomic mass is 16.2. The summed E-state index contributed by atoms with van der Waals surface area (Å²) in [5, 5.41) is 13.4. The van der Waals surface area contributed by atoms with E-state index in [9.17, 15) is 19.6 Å². The van der Waals surface area contributed by atoms with Crippen LogP contribution in [0.5, 0.6) is 0 Å². The van der Waals surface area contributed by atoms with Crippen molar-refractivity contribution >= 4 is 17.5 Å². The summed E-state index contributed by atoms with van der Waals surface area (Å²) in [5.41, 5.74) is -0.317. The summed E-state index contributed by atoms with van der Waals surface area (Å²) >= 11 is 0. The molecule has 1 N–H and O–H groups in total. The summed E-state index contributed by atoms with van der Waals surface area (Å²) in [6.07, 6.45) is 9.85. The minimum absolute atomic E-state index is 0.0132. The van der Waals surface area contributed by atoms with Crippen molar-refractivity contribution in [2.75, 3.05) is 0 Å². The van der Waals surface area contributed by atoms with Crippen molar-refractivity contribution in [2.24, 2.45) is 33.0 Å². The van der Waals surface area contributed by atoms with E-state index in [2.05, 4.69) is 66.8 Å². The van der Waals surface area contributed by atoms with E-state index in [0.717, 1.165) is 50.5 Å². The zero-order chi connectivity index (χ0) is 33.4. The van der Waals surface area contributed by atoms with Gasteiger partial charge in [-0.3, -0.25) is 14.4 Å². The Labute approximate surface area is 267 Å². The lowest BCUT2D eigenvalue weighted by Gasteiger charge is -2.61. The minimum Gasteiger partial charge on any atom is -0.347 e. The summed E-state index contributed by atoms with van der Waals surface area (Å²) in [6.45, 7) is 23.4. The Balaban J connectivity index is 2.02. The highest BCUT2D eigenvalue weighted by Crippen LogP contribution is 2.67. The molecule has 3 rings (SSSR count). The van der Waals surface area contributed by atoms with Crippen LogP contribution >= 0.6 is 0 Å². The molecule has 0 unspecified atom stereocenters. The highest BCUT2D eigenvalue weighted by molar-refractivity contribution is 6.04. The number of benzene rings is 1. The minimum atomic E-state index is -0.706. The van der Waals surface area contributed by atoms with E-state index in [1.54, 1.807) is 13.0 Å². The Hall–Kier alpha value is -3.00. The first kappa shape index (κ1) is 35.5. The summed E-state index contributed by atoms with van der Waals surface area (Å²) in [7, 11) is 0. The second-order valence-electron chi connectivity index (χ2n) is 16.4. The van der Waals surface area contributed by atoms with E-state index < -0.39 is 16.4 Å². The molecule has 0 heterocycles. The van der Waals surface area contributed by atoms with Gasteiger partial charge >= 0.3 is 0 Å². The van der Waals surface area contributed by atoms with Gasteiger partial charge in [0.05, 0.1) is 5.57 Å². The molecule has 0 aliphatic heterocycles. The van der Waals surface area contributed by atoms with Gasteiger partial charge in [-0.1, -0.05) is 98.6 Å². The number of nitrogens with one attached hydrogen (secondary N) is 1. The van der Waals surface area contributed by atoms with Crippen molar-refractivity contribution in [1.82, 2.24) is 5.32 Å². The molecule has 240 valence electrons. The Morgan fingerprint density at radius 2 is 1.59 bits per heavy atom. The molecule has 1 amide bonds. The van der Waals surface area contributed by atoms with Crippen LogP contribution in [0.4, 0.5) is 0 Å². The number of nitriles is 1. The number of Topliss-reactive ketones (excluding diaryl/α,β-unsaturated/α-hetero) is 1. The second kappa shape index (κ2) is 12.4. The largest absolute Gasteiger partial charge is 0.347 e. The molecular formula is C39H56N2O3. The van der Waals surface area contributed by atoms with Crippen LogP contribution < -0.4 is 5.32 Å². The standard InChI is InChI=1S/C39H56N2O3/c1-12-34(3,4)20-22-37(9,41-33(44)28-16-14-13-15-17-28)23-21-35(5,6)39(11)19-18-30-36(7,8)32(43)29(26-40)25-38(30,10)31(39)24-27(2)42/h13-17,24-25,30H,12,18-23H2,1-11H3,(H,41,44)/b31-24-/t30-,37-,38-,39+/m0/s1. The maximum absolute atomic E-state index is 13.4. The molecule has 0 aromatic heterocycles. The molecule has 5 nitrogen and oxygen atoms in total. The van der Waals surface area contributed by atoms with Crippen LogP contribution in [0.25, 0.3) is 0 Å². The molecule has 5 heteroatoms. The van der Waals surface area contributed by atoms with Crippen LogP contribution in [-0.2, 0) is 9.59 Å². The third kappa shape index (κ3) is 6.80. The summed E-state index contributed by atoms with van der Waals surface area (Å²) in [5.74, 6) is -0.194. The zero-order valence-electron chi connectivity index (χ0n) is 29.2. The average Bonchev–Trinajstić information content (AvgIpc) is 2.95. The van der Waals surface area contributed by atoms with Gasteiger partial charge in [-0.15, -0.1) is 0 Å². The smallest absolute Gasteiger partial charge is 0.251 e. The Morgan fingerprint density at radius 1 is 1.00 bits per heavy atom. The molecule has 1 fully saturated rings. The predicted octanol–water partition coefficient (Wildman–Crippen LogP) is 9.19. The molecular weight excluding hydrogens is 544 g/mol. The maximum atomic E-state index is 13.4. The topological polar surface area (TPSA) is 87.0 Å². The first-order valence-electron chi connectivity index (χ1n) is 16.5. The van der Waals surface area contributed by atoms with E-state index in [1.807, 2.05) is 50.3 Å². The Morgan fingerprint density at radius 3 is 2.14 bits per heavy atom. The monoisotopic (exact) mass is 600 g/mol. The van der Waals surface area contributed by atoms with Crippen molar-refractivity contribution in [1.29, 1.82) is 5.26 Å². The Kier molecular flexibility index (Phi) is 10.0. The molecule has 1 aromatic carbocycles. The number of nitrogens with zero attached hydrogens (tertiary/aromatic N) is 1. The first-order valence-corrected chi connectivity index (χ1v) is 16.5. The fraction of sp³-hybridized carbons (Fsp3) is 0.641. The second-order valence-corrected chi connectivity index (χ2v) is 16.4. The van der Waals surface area contributed by atoms with E-state index in [4.69, 9.17) is 0 Å². The van der Waals surface area contributed by atoms with Crippen LogP contribution in [0.1, 0.15) is 131 Å². The van der Waals surface area contributed by atoms with Gasteiger partial charge in [-0.25, -0.2) is 0 Å². The van der Waals surface area contributed by atoms with Gasteiger partial charge in [0.2, 0.25) is 0 Å².